The summed E-state index contributed by atoms with van der Waals surface area (Å²) in [7, 11) is 0. The molecule has 0 saturated carbocycles. The molecule has 23 heavy (non-hydrogen) atoms. The smallest absolute Gasteiger partial charge is 0.328 e. The number of fused-ring (bicyclic) bond motifs is 2. The highest BCUT2D eigenvalue weighted by molar-refractivity contribution is 7.15. The second-order valence-electron chi connectivity index (χ2n) is 5.01. The molecule has 120 valence electrons. The molecule has 1 aliphatic heterocycles. The van der Waals surface area contributed by atoms with E-state index in [0.29, 0.717) is 10.7 Å². The molecule has 3 aromatic heterocycles. The van der Waals surface area contributed by atoms with E-state index >= 15 is 0 Å². The summed E-state index contributed by atoms with van der Waals surface area (Å²) in [5, 5.41) is 8.58. The standard InChI is InChI=1S/C12H9F3N6OS/c13-12(14,15)10-18-17-8-6-19(1-2-21(8)10)9(22)7-5-16-11-20(7)3-4-23-11/h3-5H,1-2,6H2. The van der Waals surface area contributed by atoms with Crippen molar-refractivity contribution >= 4 is 22.2 Å². The first-order valence-electron chi connectivity index (χ1n) is 6.64. The number of imidazole rings is 1. The van der Waals surface area contributed by atoms with E-state index in [-0.39, 0.29) is 31.4 Å². The Morgan fingerprint density at radius 3 is 2.87 bits per heavy atom. The minimum absolute atomic E-state index is 0.00843. The summed E-state index contributed by atoms with van der Waals surface area (Å²) in [6.45, 7) is 0.151. The van der Waals surface area contributed by atoms with Crippen molar-refractivity contribution in [3.8, 4) is 0 Å². The molecule has 0 atom stereocenters. The molecule has 0 N–H and O–H groups in total. The van der Waals surface area contributed by atoms with Crippen molar-refractivity contribution in [2.24, 2.45) is 0 Å². The first-order chi connectivity index (χ1) is 10.9. The second kappa shape index (κ2) is 4.78. The van der Waals surface area contributed by atoms with Crippen LogP contribution in [0.4, 0.5) is 13.2 Å². The average molecular weight is 342 g/mol. The summed E-state index contributed by atoms with van der Waals surface area (Å²) in [5.41, 5.74) is 0.380. The van der Waals surface area contributed by atoms with Gasteiger partial charge in [0.15, 0.2) is 10.8 Å². The van der Waals surface area contributed by atoms with Crippen molar-refractivity contribution in [3.05, 3.63) is 35.1 Å². The van der Waals surface area contributed by atoms with Gasteiger partial charge in [0.05, 0.1) is 12.7 Å². The number of carbonyl (C=O) groups is 1. The number of aromatic nitrogens is 5. The predicted octanol–water partition coefficient (Wildman–Crippen LogP) is 1.66. The summed E-state index contributed by atoms with van der Waals surface area (Å²) in [5.74, 6) is -1.19. The molecule has 0 aliphatic carbocycles. The summed E-state index contributed by atoms with van der Waals surface area (Å²) in [6.07, 6.45) is -1.35. The van der Waals surface area contributed by atoms with Gasteiger partial charge in [0, 0.05) is 24.7 Å². The third-order valence-corrected chi connectivity index (χ3v) is 4.43. The van der Waals surface area contributed by atoms with Gasteiger partial charge in [0.1, 0.15) is 5.69 Å². The molecule has 7 nitrogen and oxygen atoms in total. The largest absolute Gasteiger partial charge is 0.451 e. The van der Waals surface area contributed by atoms with Gasteiger partial charge in [-0.3, -0.25) is 9.20 Å². The highest BCUT2D eigenvalue weighted by Gasteiger charge is 2.40. The molecule has 0 saturated heterocycles. The van der Waals surface area contributed by atoms with Gasteiger partial charge in [0.25, 0.3) is 5.91 Å². The van der Waals surface area contributed by atoms with E-state index < -0.39 is 12.0 Å². The van der Waals surface area contributed by atoms with Gasteiger partial charge in [-0.1, -0.05) is 0 Å². The molecular weight excluding hydrogens is 333 g/mol. The van der Waals surface area contributed by atoms with E-state index in [2.05, 4.69) is 15.2 Å². The minimum atomic E-state index is -4.55. The Bertz CT molecular complexity index is 894. The molecular formula is C12H9F3N6OS. The summed E-state index contributed by atoms with van der Waals surface area (Å²) >= 11 is 1.40. The lowest BCUT2D eigenvalue weighted by atomic mass is 10.3. The molecule has 0 unspecified atom stereocenters. The van der Waals surface area contributed by atoms with Gasteiger partial charge in [0.2, 0.25) is 5.82 Å². The zero-order valence-electron chi connectivity index (χ0n) is 11.5. The monoisotopic (exact) mass is 342 g/mol. The third kappa shape index (κ3) is 2.19. The molecule has 0 aromatic carbocycles. The maximum Gasteiger partial charge on any atom is 0.451 e. The number of hydrogen-bond donors (Lipinski definition) is 0. The quantitative estimate of drug-likeness (QED) is 0.675. The fourth-order valence-corrected chi connectivity index (χ4v) is 3.28. The van der Waals surface area contributed by atoms with Crippen LogP contribution in [0.15, 0.2) is 17.8 Å². The highest BCUT2D eigenvalue weighted by Crippen LogP contribution is 2.29. The Balaban J connectivity index is 1.62. The Morgan fingerprint density at radius 1 is 1.26 bits per heavy atom. The topological polar surface area (TPSA) is 68.3 Å². The van der Waals surface area contributed by atoms with Crippen LogP contribution in [0.25, 0.3) is 4.96 Å². The van der Waals surface area contributed by atoms with Gasteiger partial charge in [-0.15, -0.1) is 21.5 Å². The number of thiazole rings is 1. The van der Waals surface area contributed by atoms with E-state index in [0.717, 1.165) is 4.57 Å². The predicted molar refractivity (Wildman–Crippen MR) is 72.8 cm³/mol. The average Bonchev–Trinajstić information content (AvgIpc) is 3.19. The van der Waals surface area contributed by atoms with Gasteiger partial charge in [-0.05, 0) is 0 Å². The van der Waals surface area contributed by atoms with E-state index in [1.807, 2.05) is 5.38 Å². The Morgan fingerprint density at radius 2 is 2.09 bits per heavy atom. The normalized spacial score (nSPS) is 15.2. The first kappa shape index (κ1) is 14.2. The summed E-state index contributed by atoms with van der Waals surface area (Å²) in [6, 6.07) is 0. The number of alkyl halides is 3. The summed E-state index contributed by atoms with van der Waals surface area (Å²) in [4.78, 5) is 18.8. The molecule has 3 aromatic rings. The Labute approximate surface area is 131 Å². The lowest BCUT2D eigenvalue weighted by molar-refractivity contribution is -0.147. The lowest BCUT2D eigenvalue weighted by Gasteiger charge is -2.27. The van der Waals surface area contributed by atoms with Crippen molar-refractivity contribution in [1.82, 2.24) is 29.0 Å². The van der Waals surface area contributed by atoms with Crippen LogP contribution in [0.3, 0.4) is 0 Å². The number of hydrogen-bond acceptors (Lipinski definition) is 5. The molecule has 0 bridgehead atoms. The molecule has 0 spiro atoms. The molecule has 4 heterocycles. The van der Waals surface area contributed by atoms with Crippen molar-refractivity contribution in [1.29, 1.82) is 0 Å². The number of carbonyl (C=O) groups excluding carboxylic acids is 1. The van der Waals surface area contributed by atoms with Crippen LogP contribution in [0.5, 0.6) is 0 Å². The van der Waals surface area contributed by atoms with E-state index in [4.69, 9.17) is 0 Å². The Hall–Kier alpha value is -2.43. The van der Waals surface area contributed by atoms with Crippen LogP contribution >= 0.6 is 11.3 Å². The van der Waals surface area contributed by atoms with E-state index in [9.17, 15) is 18.0 Å². The Kier molecular flexibility index (Phi) is 2.95. The zero-order valence-corrected chi connectivity index (χ0v) is 12.3. The molecule has 11 heteroatoms. The van der Waals surface area contributed by atoms with Crippen LogP contribution in [-0.4, -0.2) is 41.5 Å². The van der Waals surface area contributed by atoms with Crippen LogP contribution in [0.1, 0.15) is 22.1 Å². The van der Waals surface area contributed by atoms with Gasteiger partial charge in [-0.25, -0.2) is 4.98 Å². The molecule has 0 fully saturated rings. The maximum atomic E-state index is 12.8. The fourth-order valence-electron chi connectivity index (χ4n) is 2.59. The van der Waals surface area contributed by atoms with Crippen LogP contribution < -0.4 is 0 Å². The van der Waals surface area contributed by atoms with Crippen LogP contribution in [0.2, 0.25) is 0 Å². The van der Waals surface area contributed by atoms with Crippen LogP contribution in [0, 0.1) is 0 Å². The molecule has 1 aliphatic rings. The maximum absolute atomic E-state index is 12.8. The number of nitrogens with zero attached hydrogens (tertiary/aromatic N) is 6. The lowest BCUT2D eigenvalue weighted by Crippen LogP contribution is -2.39. The van der Waals surface area contributed by atoms with Crippen molar-refractivity contribution in [3.63, 3.8) is 0 Å². The van der Waals surface area contributed by atoms with Crippen molar-refractivity contribution < 1.29 is 18.0 Å². The molecule has 4 rings (SSSR count). The number of amides is 1. The SMILES string of the molecule is O=C(c1cnc2sccn12)N1CCn2c(nnc2C(F)(F)F)C1. The second-order valence-corrected chi connectivity index (χ2v) is 5.89. The van der Waals surface area contributed by atoms with Crippen LogP contribution in [-0.2, 0) is 19.3 Å². The van der Waals surface area contributed by atoms with Gasteiger partial charge in [-0.2, -0.15) is 13.2 Å². The van der Waals surface area contributed by atoms with Crippen molar-refractivity contribution in [2.45, 2.75) is 19.3 Å². The van der Waals surface area contributed by atoms with E-state index in [1.165, 1.54) is 22.4 Å². The fraction of sp³-hybridized carbons (Fsp3) is 0.333. The number of halogens is 3. The van der Waals surface area contributed by atoms with Gasteiger partial charge >= 0.3 is 6.18 Å². The first-order valence-corrected chi connectivity index (χ1v) is 7.52. The third-order valence-electron chi connectivity index (χ3n) is 3.66. The minimum Gasteiger partial charge on any atom is -0.328 e. The summed E-state index contributed by atoms with van der Waals surface area (Å²) < 4.78 is 41.1. The molecule has 0 radical (unpaired) electrons. The highest BCUT2D eigenvalue weighted by atomic mass is 32.1. The van der Waals surface area contributed by atoms with Crippen molar-refractivity contribution in [2.75, 3.05) is 6.54 Å². The number of rotatable bonds is 1. The molecule has 1 amide bonds. The van der Waals surface area contributed by atoms with E-state index in [1.54, 1.807) is 10.6 Å². The van der Waals surface area contributed by atoms with Gasteiger partial charge < -0.3 is 9.47 Å². The zero-order chi connectivity index (χ0) is 16.2.